The van der Waals surface area contributed by atoms with Gasteiger partial charge in [0, 0.05) is 36.3 Å². The van der Waals surface area contributed by atoms with Crippen molar-refractivity contribution in [2.75, 3.05) is 19.0 Å². The molecule has 0 radical (unpaired) electrons. The van der Waals surface area contributed by atoms with E-state index in [9.17, 15) is 9.50 Å². The highest BCUT2D eigenvalue weighted by Gasteiger charge is 2.43. The SMILES string of the molecule is [2H]C([2H])([2H])Oc1cc(-c2ccc(-c3cnc(N(C)[C@@H]4CC5CCC(N5)[C@@H]4F)cn3)c(O)c2)cnn1. The van der Waals surface area contributed by atoms with E-state index in [0.29, 0.717) is 34.2 Å². The largest absolute Gasteiger partial charge is 0.507 e. The molecule has 9 heteroatoms. The van der Waals surface area contributed by atoms with Crippen LogP contribution in [0.2, 0.25) is 0 Å². The van der Waals surface area contributed by atoms with Crippen molar-refractivity contribution in [1.29, 1.82) is 0 Å². The van der Waals surface area contributed by atoms with Crippen molar-refractivity contribution >= 4 is 5.82 Å². The summed E-state index contributed by atoms with van der Waals surface area (Å²) in [4.78, 5) is 10.8. The summed E-state index contributed by atoms with van der Waals surface area (Å²) in [7, 11) is -0.804. The lowest BCUT2D eigenvalue weighted by atomic mass is 9.96. The molecule has 2 bridgehead atoms. The van der Waals surface area contributed by atoms with E-state index < -0.39 is 13.2 Å². The van der Waals surface area contributed by atoms with Crippen LogP contribution >= 0.6 is 0 Å². The van der Waals surface area contributed by atoms with Gasteiger partial charge in [-0.1, -0.05) is 6.07 Å². The minimum atomic E-state index is -2.64. The van der Waals surface area contributed by atoms with E-state index in [-0.39, 0.29) is 23.7 Å². The van der Waals surface area contributed by atoms with Crippen LogP contribution in [-0.2, 0) is 0 Å². The molecule has 2 aliphatic rings. The molecule has 0 saturated carbocycles. The maximum atomic E-state index is 14.9. The summed E-state index contributed by atoms with van der Waals surface area (Å²) in [5.41, 5.74) is 2.06. The van der Waals surface area contributed by atoms with Crippen molar-refractivity contribution in [2.45, 2.75) is 43.6 Å². The van der Waals surface area contributed by atoms with Gasteiger partial charge in [0.2, 0.25) is 5.88 Å². The molecule has 1 aromatic carbocycles. The molecule has 2 unspecified atom stereocenters. The van der Waals surface area contributed by atoms with Gasteiger partial charge in [0.05, 0.1) is 41.5 Å². The number of hydrogen-bond acceptors (Lipinski definition) is 8. The van der Waals surface area contributed by atoms with Gasteiger partial charge < -0.3 is 20.1 Å². The number of aromatic hydroxyl groups is 1. The predicted molar refractivity (Wildman–Crippen MR) is 118 cm³/mol. The lowest BCUT2D eigenvalue weighted by Crippen LogP contribution is -2.55. The first-order valence-corrected chi connectivity index (χ1v) is 10.5. The summed E-state index contributed by atoms with van der Waals surface area (Å²) < 4.78 is 41.3. The fourth-order valence-corrected chi connectivity index (χ4v) is 4.64. The predicted octanol–water partition coefficient (Wildman–Crippen LogP) is 2.98. The number of aromatic nitrogens is 4. The third-order valence-electron chi connectivity index (χ3n) is 6.39. The van der Waals surface area contributed by atoms with Crippen molar-refractivity contribution < 1.29 is 18.3 Å². The van der Waals surface area contributed by atoms with Gasteiger partial charge in [-0.3, -0.25) is 4.98 Å². The van der Waals surface area contributed by atoms with Crippen LogP contribution in [0.25, 0.3) is 22.4 Å². The van der Waals surface area contributed by atoms with Gasteiger partial charge in [-0.2, -0.15) is 5.10 Å². The maximum absolute atomic E-state index is 14.9. The molecule has 2 N–H and O–H groups in total. The van der Waals surface area contributed by atoms with Crippen LogP contribution in [0.15, 0.2) is 42.9 Å². The highest BCUT2D eigenvalue weighted by atomic mass is 19.1. The zero-order valence-electron chi connectivity index (χ0n) is 20.4. The smallest absolute Gasteiger partial charge is 0.233 e. The first-order chi connectivity index (χ1) is 16.7. The monoisotopic (exact) mass is 439 g/mol. The molecule has 0 spiro atoms. The minimum Gasteiger partial charge on any atom is -0.507 e. The van der Waals surface area contributed by atoms with E-state index in [1.807, 2.05) is 11.9 Å². The molecule has 8 nitrogen and oxygen atoms in total. The van der Waals surface area contributed by atoms with E-state index in [1.165, 1.54) is 18.3 Å². The fraction of sp³-hybridized carbons (Fsp3) is 0.391. The number of phenols is 1. The Hall–Kier alpha value is -3.33. The summed E-state index contributed by atoms with van der Waals surface area (Å²) in [6.07, 6.45) is 6.20. The highest BCUT2D eigenvalue weighted by Crippen LogP contribution is 2.35. The Kier molecular flexibility index (Phi) is 4.48. The molecule has 2 saturated heterocycles. The first kappa shape index (κ1) is 17.3. The summed E-state index contributed by atoms with van der Waals surface area (Å²) in [5, 5.41) is 21.4. The van der Waals surface area contributed by atoms with Gasteiger partial charge in [-0.05, 0) is 37.0 Å². The molecule has 2 aromatic heterocycles. The summed E-state index contributed by atoms with van der Waals surface area (Å²) in [6, 6.07) is 6.37. The summed E-state index contributed by atoms with van der Waals surface area (Å²) in [5.74, 6) is 0.393. The molecule has 3 aromatic rings. The van der Waals surface area contributed by atoms with Crippen LogP contribution in [0.4, 0.5) is 10.2 Å². The van der Waals surface area contributed by atoms with Gasteiger partial charge >= 0.3 is 0 Å². The first-order valence-electron chi connectivity index (χ1n) is 12.0. The number of hydrogen-bond donors (Lipinski definition) is 2. The zero-order chi connectivity index (χ0) is 24.7. The van der Waals surface area contributed by atoms with Gasteiger partial charge in [-0.15, -0.1) is 5.10 Å². The average Bonchev–Trinajstić information content (AvgIpc) is 3.23. The van der Waals surface area contributed by atoms with E-state index in [2.05, 4.69) is 25.5 Å². The fourth-order valence-electron chi connectivity index (χ4n) is 4.64. The van der Waals surface area contributed by atoms with Gasteiger partial charge in [0.25, 0.3) is 0 Å². The lowest BCUT2D eigenvalue weighted by Gasteiger charge is -2.38. The molecule has 4 atom stereocenters. The van der Waals surface area contributed by atoms with Crippen LogP contribution in [-0.4, -0.2) is 63.7 Å². The number of anilines is 1. The number of rotatable bonds is 5. The number of nitrogens with one attached hydrogen (secondary N) is 1. The molecule has 0 aliphatic carbocycles. The average molecular weight is 440 g/mol. The Bertz CT molecular complexity index is 1210. The van der Waals surface area contributed by atoms with Crippen molar-refractivity contribution in [2.24, 2.45) is 0 Å². The lowest BCUT2D eigenvalue weighted by molar-refractivity contribution is 0.176. The molecule has 4 heterocycles. The highest BCUT2D eigenvalue weighted by molar-refractivity contribution is 5.74. The second kappa shape index (κ2) is 8.31. The Morgan fingerprint density at radius 1 is 1.19 bits per heavy atom. The number of ether oxygens (including phenoxy) is 1. The normalized spacial score (nSPS) is 26.1. The van der Waals surface area contributed by atoms with Gasteiger partial charge in [-0.25, -0.2) is 9.37 Å². The Labute approximate surface area is 189 Å². The molecule has 2 fully saturated rings. The second-order valence-electron chi connectivity index (χ2n) is 8.28. The third kappa shape index (κ3) is 3.73. The van der Waals surface area contributed by atoms with Crippen molar-refractivity contribution in [3.8, 4) is 34.0 Å². The van der Waals surface area contributed by atoms with Crippen LogP contribution in [0.5, 0.6) is 11.6 Å². The number of benzene rings is 1. The number of piperidine rings is 1. The summed E-state index contributed by atoms with van der Waals surface area (Å²) in [6.45, 7) is 0. The van der Waals surface area contributed by atoms with E-state index >= 15 is 0 Å². The minimum absolute atomic E-state index is 0.0354. The molecule has 5 rings (SSSR count). The number of fused-ring (bicyclic) bond motifs is 2. The molecule has 32 heavy (non-hydrogen) atoms. The second-order valence-corrected chi connectivity index (χ2v) is 8.28. The van der Waals surface area contributed by atoms with Crippen LogP contribution in [0, 0.1) is 0 Å². The number of halogens is 1. The molecular formula is C23H25FN6O2. The number of phenolic OH excluding ortho intramolecular Hbond substituents is 1. The topological polar surface area (TPSA) is 96.3 Å². The Morgan fingerprint density at radius 3 is 2.88 bits per heavy atom. The Morgan fingerprint density at radius 2 is 2.09 bits per heavy atom. The third-order valence-corrected chi connectivity index (χ3v) is 6.39. The maximum Gasteiger partial charge on any atom is 0.233 e. The number of alkyl halides is 1. The van der Waals surface area contributed by atoms with Gasteiger partial charge in [0.15, 0.2) is 0 Å². The van der Waals surface area contributed by atoms with Crippen molar-refractivity contribution in [3.05, 3.63) is 42.9 Å². The van der Waals surface area contributed by atoms with Crippen LogP contribution in [0.3, 0.4) is 0 Å². The molecule has 0 amide bonds. The molecule has 166 valence electrons. The quantitative estimate of drug-likeness (QED) is 0.626. The van der Waals surface area contributed by atoms with E-state index in [1.54, 1.807) is 24.5 Å². The van der Waals surface area contributed by atoms with Crippen molar-refractivity contribution in [1.82, 2.24) is 25.5 Å². The molecule has 2 aliphatic heterocycles. The van der Waals surface area contributed by atoms with E-state index in [0.717, 1.165) is 19.3 Å². The zero-order valence-corrected chi connectivity index (χ0v) is 17.4. The summed E-state index contributed by atoms with van der Waals surface area (Å²) >= 11 is 0. The van der Waals surface area contributed by atoms with Crippen molar-refractivity contribution in [3.63, 3.8) is 0 Å². The Balaban J connectivity index is 1.33. The number of methoxy groups -OCH3 is 1. The number of nitrogens with zero attached hydrogens (tertiary/aromatic N) is 5. The van der Waals surface area contributed by atoms with Crippen LogP contribution in [0.1, 0.15) is 23.4 Å². The standard InChI is InChI=1S/C23H25FN6O2/c1-30(19-9-15-4-6-17(28-15)23(19)24)21-12-25-18(11-26-21)16-5-3-13(7-20(16)31)14-8-22(32-2)29-27-10-14/h3,5,7-8,10-12,15,17,19,23,28,31H,4,6,9H2,1-2H3/t15?,17?,19-,23+/m1/s1/i2D3. The molecular weight excluding hydrogens is 411 g/mol. The van der Waals surface area contributed by atoms with E-state index in [4.69, 9.17) is 8.85 Å². The van der Waals surface area contributed by atoms with Gasteiger partial charge in [0.1, 0.15) is 17.7 Å². The van der Waals surface area contributed by atoms with Crippen LogP contribution < -0.4 is 15.0 Å².